The first-order valence-corrected chi connectivity index (χ1v) is 6.66. The molecular weight excluding hydrogens is 238 g/mol. The van der Waals surface area contributed by atoms with Crippen LogP contribution in [0.2, 0.25) is 0 Å². The molecule has 4 nitrogen and oxygen atoms in total. The molecule has 0 spiro atoms. The van der Waals surface area contributed by atoms with Gasteiger partial charge in [0.25, 0.3) is 0 Å². The summed E-state index contributed by atoms with van der Waals surface area (Å²) in [7, 11) is 0. The van der Waals surface area contributed by atoms with E-state index in [0.717, 1.165) is 5.56 Å². The molecule has 19 heavy (non-hydrogen) atoms. The number of aliphatic hydroxyl groups is 1. The Bertz CT molecular complexity index is 409. The van der Waals surface area contributed by atoms with Gasteiger partial charge in [-0.1, -0.05) is 19.9 Å². The Hall–Kier alpha value is -1.44. The molecule has 0 aliphatic heterocycles. The van der Waals surface area contributed by atoms with Gasteiger partial charge in [-0.25, -0.2) is 0 Å². The molecule has 1 heterocycles. The molecule has 1 N–H and O–H groups in total. The summed E-state index contributed by atoms with van der Waals surface area (Å²) in [5, 5.41) is 19.1. The molecule has 0 saturated carbocycles. The van der Waals surface area contributed by atoms with E-state index in [-0.39, 0.29) is 5.92 Å². The summed E-state index contributed by atoms with van der Waals surface area (Å²) in [6.45, 7) is 7.78. The van der Waals surface area contributed by atoms with Crippen LogP contribution in [0.4, 0.5) is 0 Å². The Kier molecular flexibility index (Phi) is 5.94. The molecule has 0 aliphatic rings. The second-order valence-corrected chi connectivity index (χ2v) is 5.49. The third kappa shape index (κ3) is 5.37. The highest BCUT2D eigenvalue weighted by Crippen LogP contribution is 2.19. The molecular formula is C15H23N3O. The summed E-state index contributed by atoms with van der Waals surface area (Å²) in [5.74, 6) is 0.172. The van der Waals surface area contributed by atoms with Gasteiger partial charge in [-0.05, 0) is 24.5 Å². The number of aromatic nitrogens is 1. The lowest BCUT2D eigenvalue weighted by atomic mass is 9.92. The van der Waals surface area contributed by atoms with E-state index in [4.69, 9.17) is 5.26 Å². The van der Waals surface area contributed by atoms with Gasteiger partial charge in [-0.3, -0.25) is 9.88 Å². The van der Waals surface area contributed by atoms with Crippen molar-refractivity contribution in [1.29, 1.82) is 5.26 Å². The van der Waals surface area contributed by atoms with Gasteiger partial charge in [0.1, 0.15) is 0 Å². The maximum absolute atomic E-state index is 10.4. The van der Waals surface area contributed by atoms with E-state index in [1.54, 1.807) is 6.20 Å². The van der Waals surface area contributed by atoms with Crippen LogP contribution in [-0.2, 0) is 6.54 Å². The zero-order valence-corrected chi connectivity index (χ0v) is 12.0. The van der Waals surface area contributed by atoms with E-state index in [1.165, 1.54) is 0 Å². The number of hydrogen-bond donors (Lipinski definition) is 1. The maximum Gasteiger partial charge on any atom is 0.0768 e. The summed E-state index contributed by atoms with van der Waals surface area (Å²) in [4.78, 5) is 6.21. The zero-order chi connectivity index (χ0) is 14.3. The van der Waals surface area contributed by atoms with E-state index in [2.05, 4.69) is 16.0 Å². The molecule has 1 unspecified atom stereocenters. The molecule has 1 atom stereocenters. The highest BCUT2D eigenvalue weighted by Gasteiger charge is 2.27. The van der Waals surface area contributed by atoms with Gasteiger partial charge in [0.2, 0.25) is 0 Å². The summed E-state index contributed by atoms with van der Waals surface area (Å²) >= 11 is 0. The van der Waals surface area contributed by atoms with Crippen molar-refractivity contribution >= 4 is 0 Å². The first-order valence-electron chi connectivity index (χ1n) is 6.66. The number of nitriles is 1. The van der Waals surface area contributed by atoms with Gasteiger partial charge >= 0.3 is 0 Å². The predicted molar refractivity (Wildman–Crippen MR) is 75.2 cm³/mol. The van der Waals surface area contributed by atoms with Crippen LogP contribution in [0.3, 0.4) is 0 Å². The average Bonchev–Trinajstić information content (AvgIpc) is 2.36. The molecule has 1 rings (SSSR count). The maximum atomic E-state index is 10.4. The van der Waals surface area contributed by atoms with Crippen molar-refractivity contribution in [3.05, 3.63) is 30.1 Å². The topological polar surface area (TPSA) is 60.1 Å². The third-order valence-electron chi connectivity index (χ3n) is 3.46. The molecule has 0 radical (unpaired) electrons. The Morgan fingerprint density at radius 2 is 2.26 bits per heavy atom. The normalized spacial score (nSPS) is 14.4. The monoisotopic (exact) mass is 261 g/mol. The van der Waals surface area contributed by atoms with Crippen LogP contribution < -0.4 is 0 Å². The summed E-state index contributed by atoms with van der Waals surface area (Å²) in [6.07, 6.45) is 4.03. The quantitative estimate of drug-likeness (QED) is 0.817. The lowest BCUT2D eigenvalue weighted by molar-refractivity contribution is -0.0203. The highest BCUT2D eigenvalue weighted by atomic mass is 16.3. The minimum atomic E-state index is -0.752. The van der Waals surface area contributed by atoms with Crippen molar-refractivity contribution in [2.24, 2.45) is 5.92 Å². The van der Waals surface area contributed by atoms with Crippen molar-refractivity contribution in [2.75, 3.05) is 13.1 Å². The van der Waals surface area contributed by atoms with Crippen LogP contribution in [-0.4, -0.2) is 33.7 Å². The summed E-state index contributed by atoms with van der Waals surface area (Å²) in [6, 6.07) is 6.07. The van der Waals surface area contributed by atoms with Crippen molar-refractivity contribution in [3.63, 3.8) is 0 Å². The largest absolute Gasteiger partial charge is 0.389 e. The molecule has 0 bridgehead atoms. The standard InChI is InChI=1S/C15H23N3O/c1-13(2)15(3,19)12-18(9-5-7-16)11-14-6-4-8-17-10-14/h4,6,8,10,13,19H,5,9,11-12H2,1-3H3. The average molecular weight is 261 g/mol. The molecule has 0 amide bonds. The van der Waals surface area contributed by atoms with Crippen LogP contribution in [0.1, 0.15) is 32.8 Å². The predicted octanol–water partition coefficient (Wildman–Crippen LogP) is 2.20. The molecule has 0 fully saturated rings. The fourth-order valence-corrected chi connectivity index (χ4v) is 1.81. The van der Waals surface area contributed by atoms with Crippen LogP contribution >= 0.6 is 0 Å². The Morgan fingerprint density at radius 3 is 2.79 bits per heavy atom. The Morgan fingerprint density at radius 1 is 1.53 bits per heavy atom. The molecule has 4 heteroatoms. The third-order valence-corrected chi connectivity index (χ3v) is 3.46. The number of nitrogens with zero attached hydrogens (tertiary/aromatic N) is 3. The second kappa shape index (κ2) is 7.22. The first kappa shape index (κ1) is 15.6. The number of hydrogen-bond acceptors (Lipinski definition) is 4. The smallest absolute Gasteiger partial charge is 0.0768 e. The summed E-state index contributed by atoms with van der Waals surface area (Å²) < 4.78 is 0. The highest BCUT2D eigenvalue weighted by molar-refractivity contribution is 5.08. The number of pyridine rings is 1. The van der Waals surface area contributed by atoms with Crippen LogP contribution in [0.5, 0.6) is 0 Å². The van der Waals surface area contributed by atoms with E-state index < -0.39 is 5.60 Å². The van der Waals surface area contributed by atoms with Crippen molar-refractivity contribution in [2.45, 2.75) is 39.3 Å². The Balaban J connectivity index is 2.70. The lowest BCUT2D eigenvalue weighted by Gasteiger charge is -2.34. The molecule has 0 aromatic carbocycles. The molecule has 1 aromatic heterocycles. The van der Waals surface area contributed by atoms with Gasteiger partial charge in [0.05, 0.1) is 11.7 Å². The second-order valence-electron chi connectivity index (χ2n) is 5.49. The van der Waals surface area contributed by atoms with Crippen molar-refractivity contribution in [1.82, 2.24) is 9.88 Å². The number of rotatable bonds is 7. The van der Waals surface area contributed by atoms with Gasteiger partial charge in [0, 0.05) is 38.4 Å². The molecule has 0 saturated heterocycles. The van der Waals surface area contributed by atoms with Gasteiger partial charge in [-0.15, -0.1) is 0 Å². The van der Waals surface area contributed by atoms with Gasteiger partial charge in [-0.2, -0.15) is 5.26 Å². The van der Waals surface area contributed by atoms with Gasteiger partial charge < -0.3 is 5.11 Å². The van der Waals surface area contributed by atoms with Crippen molar-refractivity contribution < 1.29 is 5.11 Å². The lowest BCUT2D eigenvalue weighted by Crippen LogP contribution is -2.44. The van der Waals surface area contributed by atoms with Crippen molar-refractivity contribution in [3.8, 4) is 6.07 Å². The fourth-order valence-electron chi connectivity index (χ4n) is 1.81. The Labute approximate surface area is 115 Å². The van der Waals surface area contributed by atoms with E-state index in [1.807, 2.05) is 39.1 Å². The zero-order valence-electron chi connectivity index (χ0n) is 12.0. The SMILES string of the molecule is CC(C)C(C)(O)CN(CCC#N)Cc1cccnc1. The van der Waals surface area contributed by atoms with Gasteiger partial charge in [0.15, 0.2) is 0 Å². The van der Waals surface area contributed by atoms with E-state index >= 15 is 0 Å². The van der Waals surface area contributed by atoms with Crippen LogP contribution in [0.15, 0.2) is 24.5 Å². The molecule has 0 aliphatic carbocycles. The minimum absolute atomic E-state index is 0.172. The van der Waals surface area contributed by atoms with Crippen LogP contribution in [0.25, 0.3) is 0 Å². The van der Waals surface area contributed by atoms with E-state index in [9.17, 15) is 5.11 Å². The molecule has 104 valence electrons. The first-order chi connectivity index (χ1) is 8.95. The minimum Gasteiger partial charge on any atom is -0.389 e. The fraction of sp³-hybridized carbons (Fsp3) is 0.600. The summed E-state index contributed by atoms with van der Waals surface area (Å²) in [5.41, 5.74) is 0.345. The molecule has 1 aromatic rings. The van der Waals surface area contributed by atoms with E-state index in [0.29, 0.717) is 26.1 Å². The van der Waals surface area contributed by atoms with Crippen LogP contribution in [0, 0.1) is 17.2 Å².